The Morgan fingerprint density at radius 3 is 2.23 bits per heavy atom. The zero-order chi connectivity index (χ0) is 21.0. The fourth-order valence-electron chi connectivity index (χ4n) is 3.49. The molecular formula is C23H30ClN3O3. The summed E-state index contributed by atoms with van der Waals surface area (Å²) in [6.07, 6.45) is 0.397. The van der Waals surface area contributed by atoms with Gasteiger partial charge in [-0.3, -0.25) is 9.59 Å². The molecule has 1 atom stereocenters. The third-order valence-corrected chi connectivity index (χ3v) is 5.36. The topological polar surface area (TPSA) is 75.9 Å². The molecule has 6 nitrogen and oxygen atoms in total. The van der Waals surface area contributed by atoms with E-state index in [9.17, 15) is 9.59 Å². The summed E-state index contributed by atoms with van der Waals surface area (Å²) in [6, 6.07) is 13.2. The number of anilines is 1. The van der Waals surface area contributed by atoms with Crippen LogP contribution in [0.4, 0.5) is 5.69 Å². The largest absolute Gasteiger partial charge is 0.481 e. The van der Waals surface area contributed by atoms with Crippen molar-refractivity contribution in [2.24, 2.45) is 0 Å². The molecule has 1 aliphatic rings. The average molecular weight is 432 g/mol. The molecule has 30 heavy (non-hydrogen) atoms. The van der Waals surface area contributed by atoms with Gasteiger partial charge in [0.25, 0.3) is 11.8 Å². The minimum Gasteiger partial charge on any atom is -0.481 e. The van der Waals surface area contributed by atoms with Gasteiger partial charge in [0.15, 0.2) is 6.10 Å². The van der Waals surface area contributed by atoms with Crippen LogP contribution in [-0.4, -0.2) is 53.9 Å². The van der Waals surface area contributed by atoms with Gasteiger partial charge in [0.2, 0.25) is 0 Å². The van der Waals surface area contributed by atoms with Crippen molar-refractivity contribution in [1.29, 1.82) is 0 Å². The predicted molar refractivity (Wildman–Crippen MR) is 121 cm³/mol. The van der Waals surface area contributed by atoms with Crippen LogP contribution < -0.4 is 10.5 Å². The van der Waals surface area contributed by atoms with Crippen LogP contribution in [0, 0.1) is 6.92 Å². The highest BCUT2D eigenvalue weighted by Crippen LogP contribution is 2.18. The number of hydrogen-bond donors (Lipinski definition) is 1. The van der Waals surface area contributed by atoms with E-state index in [4.69, 9.17) is 10.5 Å². The molecule has 1 fully saturated rings. The molecule has 0 bridgehead atoms. The third-order valence-electron chi connectivity index (χ3n) is 5.36. The summed E-state index contributed by atoms with van der Waals surface area (Å²) in [5.74, 6) is 0.591. The Balaban J connectivity index is 0.00000320. The molecule has 3 rings (SSSR count). The minimum atomic E-state index is -0.569. The van der Waals surface area contributed by atoms with Crippen molar-refractivity contribution in [3.8, 4) is 5.75 Å². The van der Waals surface area contributed by atoms with Crippen LogP contribution in [0.15, 0.2) is 42.5 Å². The maximum atomic E-state index is 12.8. The van der Waals surface area contributed by atoms with Crippen LogP contribution in [0.1, 0.15) is 35.3 Å². The fraction of sp³-hybridized carbons (Fsp3) is 0.391. The third kappa shape index (κ3) is 5.45. The Bertz CT molecular complexity index is 878. The lowest BCUT2D eigenvalue weighted by atomic mass is 10.1. The van der Waals surface area contributed by atoms with E-state index in [0.717, 1.165) is 12.0 Å². The van der Waals surface area contributed by atoms with E-state index in [2.05, 4.69) is 6.92 Å². The Hall–Kier alpha value is -2.73. The van der Waals surface area contributed by atoms with Gasteiger partial charge >= 0.3 is 0 Å². The average Bonchev–Trinajstić information content (AvgIpc) is 2.75. The number of carbonyl (C=O) groups excluding carboxylic acids is 2. The Morgan fingerprint density at radius 2 is 1.63 bits per heavy atom. The molecule has 1 unspecified atom stereocenters. The van der Waals surface area contributed by atoms with Gasteiger partial charge in [0.05, 0.1) is 0 Å². The van der Waals surface area contributed by atoms with E-state index >= 15 is 0 Å². The van der Waals surface area contributed by atoms with E-state index in [1.807, 2.05) is 37.3 Å². The van der Waals surface area contributed by atoms with E-state index in [0.29, 0.717) is 43.2 Å². The second-order valence-electron chi connectivity index (χ2n) is 7.45. The highest BCUT2D eigenvalue weighted by molar-refractivity contribution is 5.96. The summed E-state index contributed by atoms with van der Waals surface area (Å²) in [6.45, 7) is 7.75. The van der Waals surface area contributed by atoms with E-state index in [1.54, 1.807) is 28.9 Å². The Labute approximate surface area is 184 Å². The molecule has 7 heteroatoms. The van der Waals surface area contributed by atoms with Crippen LogP contribution >= 0.6 is 12.4 Å². The van der Waals surface area contributed by atoms with Crippen molar-refractivity contribution in [3.05, 3.63) is 59.2 Å². The molecule has 1 heterocycles. The molecule has 0 aromatic heterocycles. The lowest BCUT2D eigenvalue weighted by Crippen LogP contribution is -2.53. The molecule has 162 valence electrons. The SMILES string of the molecule is CCc1ccc(OC(C)C(=O)N2CCN(C(=O)c3cc(N)ccc3C)CC2)cc1.Cl. The summed E-state index contributed by atoms with van der Waals surface area (Å²) in [7, 11) is 0. The molecule has 2 amide bonds. The number of carbonyl (C=O) groups is 2. The van der Waals surface area contributed by atoms with E-state index in [1.165, 1.54) is 5.56 Å². The number of nitrogens with two attached hydrogens (primary N) is 1. The van der Waals surface area contributed by atoms with Crippen molar-refractivity contribution in [2.45, 2.75) is 33.3 Å². The summed E-state index contributed by atoms with van der Waals surface area (Å²) in [4.78, 5) is 29.1. The number of halogens is 1. The van der Waals surface area contributed by atoms with Gasteiger partial charge in [-0.05, 0) is 55.7 Å². The Morgan fingerprint density at radius 1 is 1.03 bits per heavy atom. The molecule has 0 saturated carbocycles. The number of ether oxygens (including phenoxy) is 1. The normalized spacial score (nSPS) is 14.6. The first kappa shape index (κ1) is 23.5. The number of amides is 2. The van der Waals surface area contributed by atoms with Gasteiger partial charge in [-0.25, -0.2) is 0 Å². The molecule has 2 N–H and O–H groups in total. The smallest absolute Gasteiger partial charge is 0.263 e. The summed E-state index contributed by atoms with van der Waals surface area (Å²) in [5, 5.41) is 0. The predicted octanol–water partition coefficient (Wildman–Crippen LogP) is 3.31. The molecule has 0 radical (unpaired) electrons. The fourth-order valence-corrected chi connectivity index (χ4v) is 3.49. The van der Waals surface area contributed by atoms with Crippen LogP contribution in [0.2, 0.25) is 0 Å². The molecule has 2 aromatic rings. The molecule has 1 saturated heterocycles. The second-order valence-corrected chi connectivity index (χ2v) is 7.45. The van der Waals surface area contributed by atoms with E-state index < -0.39 is 6.10 Å². The quantitative estimate of drug-likeness (QED) is 0.737. The van der Waals surface area contributed by atoms with Crippen molar-refractivity contribution in [3.63, 3.8) is 0 Å². The molecule has 2 aromatic carbocycles. The zero-order valence-corrected chi connectivity index (χ0v) is 18.6. The number of hydrogen-bond acceptors (Lipinski definition) is 4. The highest BCUT2D eigenvalue weighted by Gasteiger charge is 2.28. The van der Waals surface area contributed by atoms with Gasteiger partial charge in [0, 0.05) is 37.4 Å². The van der Waals surface area contributed by atoms with Crippen LogP contribution in [0.5, 0.6) is 5.75 Å². The Kier molecular flexibility index (Phi) is 8.12. The van der Waals surface area contributed by atoms with Gasteiger partial charge in [-0.2, -0.15) is 0 Å². The van der Waals surface area contributed by atoms with Gasteiger partial charge in [-0.1, -0.05) is 25.1 Å². The monoisotopic (exact) mass is 431 g/mol. The van der Waals surface area contributed by atoms with Gasteiger partial charge < -0.3 is 20.3 Å². The first-order valence-electron chi connectivity index (χ1n) is 10.1. The molecular weight excluding hydrogens is 402 g/mol. The second kappa shape index (κ2) is 10.3. The van der Waals surface area contributed by atoms with E-state index in [-0.39, 0.29) is 24.2 Å². The van der Waals surface area contributed by atoms with Crippen molar-refractivity contribution in [1.82, 2.24) is 9.80 Å². The molecule has 0 spiro atoms. The van der Waals surface area contributed by atoms with Crippen molar-refractivity contribution in [2.75, 3.05) is 31.9 Å². The number of nitrogens with zero attached hydrogens (tertiary/aromatic N) is 2. The summed E-state index contributed by atoms with van der Waals surface area (Å²) in [5.41, 5.74) is 9.16. The van der Waals surface area contributed by atoms with Gasteiger partial charge in [0.1, 0.15) is 5.75 Å². The first-order valence-corrected chi connectivity index (χ1v) is 10.1. The maximum absolute atomic E-state index is 12.8. The number of nitrogen functional groups attached to an aromatic ring is 1. The number of rotatable bonds is 5. The number of piperazine rings is 1. The standard InChI is InChI=1S/C23H29N3O3.ClH/c1-4-18-6-9-20(10-7-18)29-17(3)22(27)25-11-13-26(14-12-25)23(28)21-15-19(24)8-5-16(21)2;/h5-10,15,17H,4,11-14,24H2,1-3H3;1H. The lowest BCUT2D eigenvalue weighted by Gasteiger charge is -2.36. The zero-order valence-electron chi connectivity index (χ0n) is 17.8. The number of benzene rings is 2. The van der Waals surface area contributed by atoms with Crippen LogP contribution in [-0.2, 0) is 11.2 Å². The lowest BCUT2D eigenvalue weighted by molar-refractivity contribution is -0.139. The van der Waals surface area contributed by atoms with Crippen LogP contribution in [0.25, 0.3) is 0 Å². The van der Waals surface area contributed by atoms with Gasteiger partial charge in [-0.15, -0.1) is 12.4 Å². The maximum Gasteiger partial charge on any atom is 0.263 e. The summed E-state index contributed by atoms with van der Waals surface area (Å²) < 4.78 is 5.82. The molecule has 0 aliphatic carbocycles. The molecule has 1 aliphatic heterocycles. The van der Waals surface area contributed by atoms with Crippen molar-refractivity contribution < 1.29 is 14.3 Å². The highest BCUT2D eigenvalue weighted by atomic mass is 35.5. The number of aryl methyl sites for hydroxylation is 2. The van der Waals surface area contributed by atoms with Crippen molar-refractivity contribution >= 4 is 29.9 Å². The minimum absolute atomic E-state index is 0. The first-order chi connectivity index (χ1) is 13.9. The summed E-state index contributed by atoms with van der Waals surface area (Å²) >= 11 is 0. The van der Waals surface area contributed by atoms with Crippen LogP contribution in [0.3, 0.4) is 0 Å².